The molecule has 1 N–H and O–H groups in total. The van der Waals surface area contributed by atoms with Crippen molar-refractivity contribution in [2.24, 2.45) is 0 Å². The molecule has 27 heavy (non-hydrogen) atoms. The van der Waals surface area contributed by atoms with Crippen LogP contribution >= 0.6 is 0 Å². The highest BCUT2D eigenvalue weighted by Gasteiger charge is 2.23. The van der Waals surface area contributed by atoms with E-state index in [0.29, 0.717) is 31.1 Å². The van der Waals surface area contributed by atoms with Crippen LogP contribution in [0.5, 0.6) is 11.5 Å². The van der Waals surface area contributed by atoms with E-state index in [2.05, 4.69) is 6.92 Å². The van der Waals surface area contributed by atoms with E-state index < -0.39 is 9.28 Å². The number of ketones is 1. The molecule has 0 spiro atoms. The fraction of sp³-hybridized carbons (Fsp3) is 0.381. The van der Waals surface area contributed by atoms with Crippen LogP contribution < -0.4 is 4.74 Å². The van der Waals surface area contributed by atoms with E-state index in [-0.39, 0.29) is 22.6 Å². The topological polar surface area (TPSA) is 65.0 Å². The molecule has 0 saturated heterocycles. The van der Waals surface area contributed by atoms with Crippen molar-refractivity contribution in [2.75, 3.05) is 19.8 Å². The zero-order valence-corrected chi connectivity index (χ0v) is 17.1. The van der Waals surface area contributed by atoms with Crippen molar-refractivity contribution >= 4 is 15.1 Å². The molecule has 1 radical (unpaired) electrons. The fourth-order valence-electron chi connectivity index (χ4n) is 2.62. The first-order valence-corrected chi connectivity index (χ1v) is 10.6. The summed E-state index contributed by atoms with van der Waals surface area (Å²) in [6.07, 6.45) is 0.791. The number of ether oxygens (including phenoxy) is 1. The largest absolute Gasteiger partial charge is 0.507 e. The van der Waals surface area contributed by atoms with E-state index in [4.69, 9.17) is 13.6 Å². The number of phenols is 1. The maximum Gasteiger partial charge on any atom is 0.387 e. The lowest BCUT2D eigenvalue weighted by molar-refractivity contribution is 0.103. The quantitative estimate of drug-likeness (QED) is 0.459. The highest BCUT2D eigenvalue weighted by atomic mass is 28.3. The van der Waals surface area contributed by atoms with Gasteiger partial charge in [0.05, 0.1) is 12.2 Å². The van der Waals surface area contributed by atoms with Gasteiger partial charge in [0, 0.05) is 30.4 Å². The molecular formula is C21H27O5Si. The van der Waals surface area contributed by atoms with Gasteiger partial charge in [-0.25, -0.2) is 0 Å². The van der Waals surface area contributed by atoms with Crippen LogP contribution in [0.2, 0.25) is 5.54 Å². The molecule has 1 atom stereocenters. The molecule has 0 aliphatic rings. The lowest BCUT2D eigenvalue weighted by atomic mass is 10.0. The van der Waals surface area contributed by atoms with Crippen LogP contribution in [-0.2, 0) is 8.85 Å². The molecule has 0 aliphatic carbocycles. The number of carbonyl (C=O) groups excluding carboxylic acids is 1. The molecule has 2 rings (SSSR count). The third-order valence-corrected chi connectivity index (χ3v) is 6.28. The SMILES string of the molecule is CCO[Si](OCC)C(C)CCOc1ccc(C(=O)c2ccccc2)c(O)c1. The molecule has 2 aromatic rings. The molecule has 145 valence electrons. The number of rotatable bonds is 11. The van der Waals surface area contributed by atoms with Gasteiger partial charge >= 0.3 is 9.28 Å². The fourth-order valence-corrected chi connectivity index (χ4v) is 4.20. The summed E-state index contributed by atoms with van der Waals surface area (Å²) in [6, 6.07) is 13.7. The minimum absolute atomic E-state index is 0.0808. The van der Waals surface area contributed by atoms with Crippen molar-refractivity contribution in [3.8, 4) is 11.5 Å². The maximum absolute atomic E-state index is 12.5. The van der Waals surface area contributed by atoms with Crippen LogP contribution in [0.25, 0.3) is 0 Å². The Bertz CT molecular complexity index is 714. The molecule has 6 heteroatoms. The molecule has 0 aromatic heterocycles. The molecule has 0 bridgehead atoms. The van der Waals surface area contributed by atoms with Gasteiger partial charge < -0.3 is 18.7 Å². The Hall–Kier alpha value is -2.15. The second kappa shape index (κ2) is 10.9. The molecule has 0 amide bonds. The van der Waals surface area contributed by atoms with Crippen molar-refractivity contribution in [2.45, 2.75) is 32.7 Å². The summed E-state index contributed by atoms with van der Waals surface area (Å²) in [7, 11) is -1.31. The Morgan fingerprint density at radius 1 is 1.07 bits per heavy atom. The van der Waals surface area contributed by atoms with Crippen LogP contribution in [-0.4, -0.2) is 40.0 Å². The van der Waals surface area contributed by atoms with Gasteiger partial charge in [-0.2, -0.15) is 0 Å². The first-order valence-electron chi connectivity index (χ1n) is 9.24. The van der Waals surface area contributed by atoms with Crippen molar-refractivity contribution in [1.29, 1.82) is 0 Å². The molecule has 0 fully saturated rings. The van der Waals surface area contributed by atoms with Crippen molar-refractivity contribution in [3.05, 3.63) is 59.7 Å². The lowest BCUT2D eigenvalue weighted by Crippen LogP contribution is -2.28. The Morgan fingerprint density at radius 2 is 1.74 bits per heavy atom. The van der Waals surface area contributed by atoms with Crippen molar-refractivity contribution < 1.29 is 23.5 Å². The summed E-state index contributed by atoms with van der Waals surface area (Å²) in [5.41, 5.74) is 1.08. The minimum Gasteiger partial charge on any atom is -0.507 e. The average molecular weight is 388 g/mol. The smallest absolute Gasteiger partial charge is 0.387 e. The highest BCUT2D eigenvalue weighted by molar-refractivity contribution is 6.46. The van der Waals surface area contributed by atoms with Gasteiger partial charge in [0.2, 0.25) is 0 Å². The van der Waals surface area contributed by atoms with E-state index in [1.165, 1.54) is 6.07 Å². The van der Waals surface area contributed by atoms with Gasteiger partial charge in [0.25, 0.3) is 0 Å². The van der Waals surface area contributed by atoms with Crippen LogP contribution in [0.3, 0.4) is 0 Å². The minimum atomic E-state index is -1.31. The van der Waals surface area contributed by atoms with Crippen LogP contribution in [0.15, 0.2) is 48.5 Å². The molecule has 0 aliphatic heterocycles. The summed E-state index contributed by atoms with van der Waals surface area (Å²) in [5, 5.41) is 10.2. The molecule has 2 aromatic carbocycles. The van der Waals surface area contributed by atoms with Crippen LogP contribution in [0.1, 0.15) is 43.1 Å². The summed E-state index contributed by atoms with van der Waals surface area (Å²) < 4.78 is 17.1. The number of benzene rings is 2. The second-order valence-electron chi connectivity index (χ2n) is 6.10. The zero-order chi connectivity index (χ0) is 19.6. The van der Waals surface area contributed by atoms with Gasteiger partial charge in [0.1, 0.15) is 11.5 Å². The average Bonchev–Trinajstić information content (AvgIpc) is 2.68. The van der Waals surface area contributed by atoms with E-state index in [9.17, 15) is 9.90 Å². The Kier molecular flexibility index (Phi) is 8.51. The Labute approximate surface area is 162 Å². The standard InChI is InChI=1S/C21H27O5Si/c1-4-25-27(26-5-2)16(3)13-14-24-18-11-12-19(20(22)15-18)21(23)17-9-7-6-8-10-17/h6-12,15-16,22H,4-5,13-14H2,1-3H3. The molecular weight excluding hydrogens is 360 g/mol. The highest BCUT2D eigenvalue weighted by Crippen LogP contribution is 2.26. The third kappa shape index (κ3) is 6.20. The summed E-state index contributed by atoms with van der Waals surface area (Å²) in [5.74, 6) is 0.239. The van der Waals surface area contributed by atoms with E-state index in [1.54, 1.807) is 36.4 Å². The summed E-state index contributed by atoms with van der Waals surface area (Å²) in [6.45, 7) is 7.81. The molecule has 0 heterocycles. The van der Waals surface area contributed by atoms with Gasteiger partial charge in [-0.1, -0.05) is 37.3 Å². The Morgan fingerprint density at radius 3 is 2.33 bits per heavy atom. The third-order valence-electron chi connectivity index (χ3n) is 4.04. The first-order chi connectivity index (χ1) is 13.1. The monoisotopic (exact) mass is 387 g/mol. The van der Waals surface area contributed by atoms with Gasteiger partial charge in [-0.15, -0.1) is 0 Å². The van der Waals surface area contributed by atoms with E-state index in [0.717, 1.165) is 6.42 Å². The molecule has 5 nitrogen and oxygen atoms in total. The van der Waals surface area contributed by atoms with Gasteiger partial charge in [-0.05, 0) is 32.4 Å². The van der Waals surface area contributed by atoms with Crippen LogP contribution in [0, 0.1) is 0 Å². The van der Waals surface area contributed by atoms with E-state index in [1.807, 2.05) is 19.9 Å². The molecule has 0 saturated carbocycles. The second-order valence-corrected chi connectivity index (χ2v) is 8.30. The molecule has 1 unspecified atom stereocenters. The number of phenolic OH excluding ortho intramolecular Hbond substituents is 1. The number of carbonyl (C=O) groups is 1. The van der Waals surface area contributed by atoms with Gasteiger partial charge in [-0.3, -0.25) is 4.79 Å². The zero-order valence-electron chi connectivity index (χ0n) is 16.1. The van der Waals surface area contributed by atoms with E-state index >= 15 is 0 Å². The van der Waals surface area contributed by atoms with Crippen LogP contribution in [0.4, 0.5) is 0 Å². The first kappa shape index (κ1) is 21.2. The number of aromatic hydroxyl groups is 1. The number of hydrogen-bond donors (Lipinski definition) is 1. The maximum atomic E-state index is 12.5. The van der Waals surface area contributed by atoms with Gasteiger partial charge in [0.15, 0.2) is 5.78 Å². The Balaban J connectivity index is 1.93. The van der Waals surface area contributed by atoms with Crippen molar-refractivity contribution in [1.82, 2.24) is 0 Å². The number of hydrogen-bond acceptors (Lipinski definition) is 5. The predicted octanol–water partition coefficient (Wildman–Crippen LogP) is 4.34. The summed E-state index contributed by atoms with van der Waals surface area (Å²) in [4.78, 5) is 12.5. The normalized spacial score (nSPS) is 12.1. The van der Waals surface area contributed by atoms with Crippen molar-refractivity contribution in [3.63, 3.8) is 0 Å². The predicted molar refractivity (Wildman–Crippen MR) is 107 cm³/mol. The summed E-state index contributed by atoms with van der Waals surface area (Å²) >= 11 is 0. The lowest BCUT2D eigenvalue weighted by Gasteiger charge is -2.20.